The molecular weight excluding hydrogens is 282 g/mol. The molecule has 0 amide bonds. The van der Waals surface area contributed by atoms with Gasteiger partial charge in [0, 0.05) is 37.6 Å². The Morgan fingerprint density at radius 2 is 2.05 bits per heavy atom. The van der Waals surface area contributed by atoms with E-state index in [9.17, 15) is 0 Å². The fourth-order valence-corrected chi connectivity index (χ4v) is 2.28. The van der Waals surface area contributed by atoms with E-state index in [1.165, 1.54) is 0 Å². The minimum absolute atomic E-state index is 0.0646. The predicted molar refractivity (Wildman–Crippen MR) is 83.9 cm³/mol. The first-order valence-corrected chi connectivity index (χ1v) is 7.34. The summed E-state index contributed by atoms with van der Waals surface area (Å²) in [7, 11) is 0. The Balaban J connectivity index is 1.74. The number of aliphatic hydroxyl groups excluding tert-OH is 1. The van der Waals surface area contributed by atoms with E-state index in [0.29, 0.717) is 18.2 Å². The van der Waals surface area contributed by atoms with Crippen molar-refractivity contribution in [1.29, 1.82) is 0 Å². The zero-order valence-corrected chi connectivity index (χ0v) is 12.3. The first kappa shape index (κ1) is 14.7. The Bertz CT molecular complexity index is 599. The van der Waals surface area contributed by atoms with Crippen molar-refractivity contribution in [1.82, 2.24) is 15.0 Å². The maximum atomic E-state index is 8.84. The van der Waals surface area contributed by atoms with Crippen LogP contribution in [0.1, 0.15) is 0 Å². The number of rotatable bonds is 5. The number of nitrogens with one attached hydrogen (secondary N) is 1. The van der Waals surface area contributed by atoms with Crippen molar-refractivity contribution in [3.63, 3.8) is 0 Å². The number of pyridine rings is 1. The first-order chi connectivity index (χ1) is 10.9. The van der Waals surface area contributed by atoms with E-state index < -0.39 is 0 Å². The minimum Gasteiger partial charge on any atom is -0.395 e. The van der Waals surface area contributed by atoms with Crippen LogP contribution in [0.4, 0.5) is 11.6 Å². The van der Waals surface area contributed by atoms with Gasteiger partial charge < -0.3 is 20.1 Å². The van der Waals surface area contributed by atoms with Crippen molar-refractivity contribution in [3.05, 3.63) is 30.6 Å². The van der Waals surface area contributed by atoms with Crippen molar-refractivity contribution in [3.8, 4) is 11.4 Å². The lowest BCUT2D eigenvalue weighted by Crippen LogP contribution is -2.36. The van der Waals surface area contributed by atoms with E-state index in [2.05, 4.69) is 25.2 Å². The molecule has 0 atom stereocenters. The maximum absolute atomic E-state index is 8.84. The highest BCUT2D eigenvalue weighted by Crippen LogP contribution is 2.19. The summed E-state index contributed by atoms with van der Waals surface area (Å²) in [6.45, 7) is 3.74. The van der Waals surface area contributed by atoms with Crippen LogP contribution in [0, 0.1) is 0 Å². The molecule has 22 heavy (non-hydrogen) atoms. The normalized spacial score (nSPS) is 14.9. The van der Waals surface area contributed by atoms with Crippen molar-refractivity contribution in [2.45, 2.75) is 0 Å². The average molecular weight is 301 g/mol. The number of ether oxygens (including phenoxy) is 1. The second-order valence-electron chi connectivity index (χ2n) is 4.92. The number of hydrogen-bond donors (Lipinski definition) is 2. The average Bonchev–Trinajstić information content (AvgIpc) is 2.61. The Morgan fingerprint density at radius 1 is 1.18 bits per heavy atom. The lowest BCUT2D eigenvalue weighted by molar-refractivity contribution is 0.122. The Kier molecular flexibility index (Phi) is 4.77. The lowest BCUT2D eigenvalue weighted by atomic mass is 10.2. The third-order valence-corrected chi connectivity index (χ3v) is 3.41. The fourth-order valence-electron chi connectivity index (χ4n) is 2.28. The van der Waals surface area contributed by atoms with Crippen molar-refractivity contribution in [2.24, 2.45) is 0 Å². The van der Waals surface area contributed by atoms with E-state index in [0.717, 1.165) is 37.7 Å². The quantitative estimate of drug-likeness (QED) is 0.844. The third-order valence-electron chi connectivity index (χ3n) is 3.41. The molecule has 1 aliphatic heterocycles. The van der Waals surface area contributed by atoms with Gasteiger partial charge in [-0.15, -0.1) is 0 Å². The van der Waals surface area contributed by atoms with Crippen LogP contribution in [0.2, 0.25) is 0 Å². The van der Waals surface area contributed by atoms with Gasteiger partial charge in [-0.1, -0.05) is 0 Å². The Hall–Kier alpha value is -2.25. The maximum Gasteiger partial charge on any atom is 0.163 e. The number of aliphatic hydroxyl groups is 1. The number of hydrogen-bond acceptors (Lipinski definition) is 7. The molecule has 0 aliphatic carbocycles. The summed E-state index contributed by atoms with van der Waals surface area (Å²) < 4.78 is 5.35. The SMILES string of the molecule is OCCNc1ccnc(-c2ccc(N3CCOCC3)nc2)n1. The van der Waals surface area contributed by atoms with Gasteiger partial charge >= 0.3 is 0 Å². The van der Waals surface area contributed by atoms with Gasteiger partial charge in [0.05, 0.1) is 19.8 Å². The second-order valence-corrected chi connectivity index (χ2v) is 4.92. The number of aromatic nitrogens is 3. The molecule has 2 N–H and O–H groups in total. The van der Waals surface area contributed by atoms with Gasteiger partial charge in [0.1, 0.15) is 11.6 Å². The van der Waals surface area contributed by atoms with Gasteiger partial charge in [0.15, 0.2) is 5.82 Å². The molecule has 7 heteroatoms. The molecule has 0 saturated carbocycles. The summed E-state index contributed by atoms with van der Waals surface area (Å²) in [5.74, 6) is 2.25. The van der Waals surface area contributed by atoms with E-state index >= 15 is 0 Å². The monoisotopic (exact) mass is 301 g/mol. The van der Waals surface area contributed by atoms with Crippen LogP contribution in [-0.2, 0) is 4.74 Å². The van der Waals surface area contributed by atoms with Gasteiger partial charge in [-0.25, -0.2) is 15.0 Å². The number of nitrogens with zero attached hydrogens (tertiary/aromatic N) is 4. The molecule has 3 rings (SSSR count). The molecule has 116 valence electrons. The van der Waals surface area contributed by atoms with Gasteiger partial charge in [0.25, 0.3) is 0 Å². The topological polar surface area (TPSA) is 83.4 Å². The standard InChI is InChI=1S/C15H19N5O2/c21-8-5-16-13-3-4-17-15(19-13)12-1-2-14(18-11-12)20-6-9-22-10-7-20/h1-4,11,21H,5-10H2,(H,16,17,19). The number of morpholine rings is 1. The molecule has 1 fully saturated rings. The van der Waals surface area contributed by atoms with E-state index in [-0.39, 0.29) is 6.61 Å². The summed E-state index contributed by atoms with van der Waals surface area (Å²) in [6.07, 6.45) is 3.48. The third kappa shape index (κ3) is 3.49. The molecule has 0 bridgehead atoms. The molecule has 0 radical (unpaired) electrons. The summed E-state index contributed by atoms with van der Waals surface area (Å²) in [6, 6.07) is 5.73. The van der Waals surface area contributed by atoms with Crippen LogP contribution in [0.3, 0.4) is 0 Å². The zero-order chi connectivity index (χ0) is 15.2. The van der Waals surface area contributed by atoms with Crippen LogP contribution in [0.5, 0.6) is 0 Å². The molecule has 0 unspecified atom stereocenters. The highest BCUT2D eigenvalue weighted by molar-refractivity contribution is 5.58. The Labute approximate surface area is 129 Å². The van der Waals surface area contributed by atoms with Gasteiger partial charge in [-0.3, -0.25) is 0 Å². The summed E-state index contributed by atoms with van der Waals surface area (Å²) in [5.41, 5.74) is 0.865. The fraction of sp³-hybridized carbons (Fsp3) is 0.400. The van der Waals surface area contributed by atoms with Crippen molar-refractivity contribution in [2.75, 3.05) is 49.7 Å². The van der Waals surface area contributed by atoms with E-state index in [4.69, 9.17) is 9.84 Å². The van der Waals surface area contributed by atoms with Crippen molar-refractivity contribution < 1.29 is 9.84 Å². The molecule has 2 aromatic heterocycles. The first-order valence-electron chi connectivity index (χ1n) is 7.34. The van der Waals surface area contributed by atoms with Gasteiger partial charge in [-0.05, 0) is 18.2 Å². The lowest BCUT2D eigenvalue weighted by Gasteiger charge is -2.27. The highest BCUT2D eigenvalue weighted by atomic mass is 16.5. The number of anilines is 2. The van der Waals surface area contributed by atoms with Crippen LogP contribution in [0.15, 0.2) is 30.6 Å². The van der Waals surface area contributed by atoms with Crippen molar-refractivity contribution >= 4 is 11.6 Å². The van der Waals surface area contributed by atoms with Gasteiger partial charge in [0.2, 0.25) is 0 Å². The van der Waals surface area contributed by atoms with E-state index in [1.54, 1.807) is 18.5 Å². The molecule has 1 saturated heterocycles. The molecular formula is C15H19N5O2. The zero-order valence-electron chi connectivity index (χ0n) is 12.3. The smallest absolute Gasteiger partial charge is 0.163 e. The summed E-state index contributed by atoms with van der Waals surface area (Å²) >= 11 is 0. The van der Waals surface area contributed by atoms with Crippen LogP contribution in [0.25, 0.3) is 11.4 Å². The molecule has 0 spiro atoms. The molecule has 0 aromatic carbocycles. The highest BCUT2D eigenvalue weighted by Gasteiger charge is 2.12. The van der Waals surface area contributed by atoms with E-state index in [1.807, 2.05) is 12.1 Å². The predicted octanol–water partition coefficient (Wildman–Crippen LogP) is 0.779. The van der Waals surface area contributed by atoms with Crippen LogP contribution >= 0.6 is 0 Å². The molecule has 1 aliphatic rings. The van der Waals surface area contributed by atoms with Gasteiger partial charge in [-0.2, -0.15) is 0 Å². The molecule has 2 aromatic rings. The minimum atomic E-state index is 0.0646. The summed E-state index contributed by atoms with van der Waals surface area (Å²) in [5, 5.41) is 11.9. The molecule has 3 heterocycles. The Morgan fingerprint density at radius 3 is 2.77 bits per heavy atom. The molecule has 7 nitrogen and oxygen atoms in total. The van der Waals surface area contributed by atoms with Crippen LogP contribution in [-0.4, -0.2) is 59.5 Å². The second kappa shape index (κ2) is 7.15. The largest absolute Gasteiger partial charge is 0.395 e. The van der Waals surface area contributed by atoms with Crippen LogP contribution < -0.4 is 10.2 Å². The summed E-state index contributed by atoms with van der Waals surface area (Å²) in [4.78, 5) is 15.4.